The smallest absolute Gasteiger partial charge is 0.407 e. The lowest BCUT2D eigenvalue weighted by atomic mass is 9.97. The highest BCUT2D eigenvalue weighted by Gasteiger charge is 2.48. The van der Waals surface area contributed by atoms with E-state index in [0.29, 0.717) is 51.2 Å². The zero-order valence-electron chi connectivity index (χ0n) is 25.7. The molecule has 0 bridgehead atoms. The van der Waals surface area contributed by atoms with Gasteiger partial charge in [0, 0.05) is 32.1 Å². The first-order valence-electron chi connectivity index (χ1n) is 16.8. The van der Waals surface area contributed by atoms with Crippen LogP contribution in [0.1, 0.15) is 161 Å². The minimum atomic E-state index is -3.01. The number of esters is 1. The third kappa shape index (κ3) is 12.8. The molecule has 0 aromatic carbocycles. The molecule has 0 aromatic heterocycles. The van der Waals surface area contributed by atoms with Crippen molar-refractivity contribution in [3.63, 3.8) is 0 Å². The Morgan fingerprint density at radius 3 is 1.30 bits per heavy atom. The van der Waals surface area contributed by atoms with Crippen molar-refractivity contribution in [3.05, 3.63) is 0 Å². The molecule has 3 fully saturated rings. The van der Waals surface area contributed by atoms with Crippen molar-refractivity contribution in [2.24, 2.45) is 0 Å². The van der Waals surface area contributed by atoms with Crippen LogP contribution < -0.4 is 0 Å². The van der Waals surface area contributed by atoms with Gasteiger partial charge in [0.1, 0.15) is 0 Å². The first kappa shape index (κ1) is 33.9. The summed E-state index contributed by atoms with van der Waals surface area (Å²) in [6.45, 7) is 4.16. The first-order chi connectivity index (χ1) is 19.5. The van der Waals surface area contributed by atoms with Crippen LogP contribution in [0.4, 0.5) is 0 Å². The molecule has 0 atom stereocenters. The second kappa shape index (κ2) is 18.9. The van der Waals surface area contributed by atoms with E-state index in [1.165, 1.54) is 64.2 Å². The van der Waals surface area contributed by atoms with E-state index < -0.39 is 20.1 Å². The molecule has 8 nitrogen and oxygen atoms in total. The quantitative estimate of drug-likeness (QED) is 0.179. The van der Waals surface area contributed by atoms with Crippen LogP contribution >= 0.6 is 0 Å². The first-order valence-corrected chi connectivity index (χ1v) is 19.3. The van der Waals surface area contributed by atoms with Gasteiger partial charge in [-0.15, -0.1) is 0 Å². The lowest BCUT2D eigenvalue weighted by molar-refractivity contribution is -0.552. The molecule has 2 aliphatic carbocycles. The van der Waals surface area contributed by atoms with Crippen molar-refractivity contribution < 1.29 is 38.2 Å². The molecule has 1 saturated heterocycles. The zero-order valence-corrected chi connectivity index (χ0v) is 26.7. The summed E-state index contributed by atoms with van der Waals surface area (Å²) < 4.78 is 17.6. The van der Waals surface area contributed by atoms with Crippen LogP contribution in [0.15, 0.2) is 0 Å². The lowest BCUT2D eigenvalue weighted by Crippen LogP contribution is -2.44. The fraction of sp³-hybridized carbons (Fsp3) is 0.968. The summed E-state index contributed by atoms with van der Waals surface area (Å²) >= 11 is 0. The monoisotopic (exact) mass is 586 g/mol. The van der Waals surface area contributed by atoms with Crippen LogP contribution in [0.5, 0.6) is 0 Å². The molecule has 1 aliphatic heterocycles. The maximum absolute atomic E-state index is 12.0. The Balaban J connectivity index is 1.80. The molecule has 40 heavy (non-hydrogen) atoms. The highest BCUT2D eigenvalue weighted by atomic mass is 28.4. The number of hydrogen-bond acceptors (Lipinski definition) is 8. The molecule has 234 valence electrons. The van der Waals surface area contributed by atoms with Crippen molar-refractivity contribution >= 4 is 14.5 Å². The van der Waals surface area contributed by atoms with Crippen LogP contribution in [0.3, 0.4) is 0 Å². The standard InChI is InChI=1S/C31H58O8Si/c1-3-33-29(32)23-22-28-40(2)38-36-30(24-18-14-10-6-4-7-11-15-19-25-30)34-35-31(37-39-40)26-20-16-12-8-5-9-13-17-21-27-31/h3-28H2,1-2H3. The van der Waals surface area contributed by atoms with Gasteiger partial charge in [-0.05, 0) is 51.6 Å². The summed E-state index contributed by atoms with van der Waals surface area (Å²) in [6, 6.07) is 0.540. The normalized spacial score (nSPS) is 28.4. The summed E-state index contributed by atoms with van der Waals surface area (Å²) in [5.41, 5.74) is 0. The van der Waals surface area contributed by atoms with Gasteiger partial charge in [0.15, 0.2) is 0 Å². The van der Waals surface area contributed by atoms with Gasteiger partial charge in [-0.1, -0.05) is 89.9 Å². The van der Waals surface area contributed by atoms with Crippen LogP contribution in [0.25, 0.3) is 0 Å². The number of ether oxygens (including phenoxy) is 1. The third-order valence-electron chi connectivity index (χ3n) is 8.63. The lowest BCUT2D eigenvalue weighted by Gasteiger charge is -2.35. The van der Waals surface area contributed by atoms with Crippen molar-refractivity contribution in [1.82, 2.24) is 0 Å². The fourth-order valence-electron chi connectivity index (χ4n) is 6.03. The number of hydrogen-bond donors (Lipinski definition) is 0. The summed E-state index contributed by atoms with van der Waals surface area (Å²) in [5.74, 6) is -2.20. The summed E-state index contributed by atoms with van der Waals surface area (Å²) in [4.78, 5) is 37.3. The summed E-state index contributed by atoms with van der Waals surface area (Å²) in [7, 11) is -3.01. The Morgan fingerprint density at radius 2 is 0.950 bits per heavy atom. The van der Waals surface area contributed by atoms with Crippen molar-refractivity contribution in [3.8, 4) is 0 Å². The molecule has 2 spiro atoms. The summed E-state index contributed by atoms with van der Waals surface area (Å²) in [6.07, 6.45) is 25.0. The molecule has 0 radical (unpaired) electrons. The second-order valence-electron chi connectivity index (χ2n) is 12.5. The Bertz CT molecular complexity index is 624. The van der Waals surface area contributed by atoms with Crippen molar-refractivity contribution in [2.45, 2.75) is 185 Å². The number of rotatable bonds is 5. The van der Waals surface area contributed by atoms with Gasteiger partial charge >= 0.3 is 14.5 Å². The van der Waals surface area contributed by atoms with E-state index in [1.807, 2.05) is 13.5 Å². The van der Waals surface area contributed by atoms with E-state index in [1.54, 1.807) is 0 Å². The second-order valence-corrected chi connectivity index (χ2v) is 15.6. The van der Waals surface area contributed by atoms with Crippen molar-refractivity contribution in [2.75, 3.05) is 6.61 Å². The largest absolute Gasteiger partial charge is 0.466 e. The van der Waals surface area contributed by atoms with E-state index >= 15 is 0 Å². The fourth-order valence-corrected chi connectivity index (χ4v) is 7.70. The number of carbonyl (C=O) groups is 1. The minimum absolute atomic E-state index is 0.205. The summed E-state index contributed by atoms with van der Waals surface area (Å²) in [5, 5.41) is 0. The van der Waals surface area contributed by atoms with E-state index in [4.69, 9.17) is 33.4 Å². The van der Waals surface area contributed by atoms with Crippen LogP contribution in [-0.4, -0.2) is 32.7 Å². The molecular formula is C31H58O8Si. The predicted octanol–water partition coefficient (Wildman–Crippen LogP) is 9.26. The Hall–Kier alpha value is -0.553. The SMILES string of the molecule is CCOC(=O)CCC[Si]1(C)OOC2(CCCCCCCCCCC2)OOC2(CCCCCCCCCCC2)OO1. The molecule has 0 amide bonds. The Kier molecular flexibility index (Phi) is 16.0. The molecule has 1 heterocycles. The maximum atomic E-state index is 12.0. The minimum Gasteiger partial charge on any atom is -0.466 e. The van der Waals surface area contributed by atoms with E-state index in [-0.39, 0.29) is 5.97 Å². The predicted molar refractivity (Wildman–Crippen MR) is 156 cm³/mol. The number of carbonyl (C=O) groups excluding carboxylic acids is 1. The van der Waals surface area contributed by atoms with Crippen LogP contribution in [-0.2, 0) is 38.2 Å². The van der Waals surface area contributed by atoms with Crippen LogP contribution in [0.2, 0.25) is 12.6 Å². The van der Waals surface area contributed by atoms with Gasteiger partial charge in [0.2, 0.25) is 11.6 Å². The van der Waals surface area contributed by atoms with E-state index in [2.05, 4.69) is 0 Å². The molecule has 2 saturated carbocycles. The van der Waals surface area contributed by atoms with Gasteiger partial charge in [-0.25, -0.2) is 18.9 Å². The topological polar surface area (TPSA) is 81.7 Å². The van der Waals surface area contributed by atoms with Gasteiger partial charge in [0.25, 0.3) is 0 Å². The van der Waals surface area contributed by atoms with Gasteiger partial charge in [-0.3, -0.25) is 4.79 Å². The molecule has 3 rings (SSSR count). The Morgan fingerprint density at radius 1 is 0.600 bits per heavy atom. The molecule has 0 aromatic rings. The van der Waals surface area contributed by atoms with E-state index in [9.17, 15) is 4.79 Å². The molecule has 0 unspecified atom stereocenters. The van der Waals surface area contributed by atoms with Gasteiger partial charge in [-0.2, -0.15) is 9.78 Å². The molecule has 3 aliphatic rings. The average Bonchev–Trinajstić information content (AvgIpc) is 2.98. The van der Waals surface area contributed by atoms with Crippen molar-refractivity contribution in [1.29, 1.82) is 0 Å². The van der Waals surface area contributed by atoms with Gasteiger partial charge < -0.3 is 4.74 Å². The maximum Gasteiger partial charge on any atom is 0.407 e. The highest BCUT2D eigenvalue weighted by molar-refractivity contribution is 6.65. The molecular weight excluding hydrogens is 528 g/mol. The van der Waals surface area contributed by atoms with Gasteiger partial charge in [0.05, 0.1) is 6.61 Å². The molecule has 0 N–H and O–H groups in total. The highest BCUT2D eigenvalue weighted by Crippen LogP contribution is 2.39. The van der Waals surface area contributed by atoms with Crippen LogP contribution in [0, 0.1) is 0 Å². The zero-order chi connectivity index (χ0) is 28.4. The molecule has 9 heteroatoms. The Labute approximate surface area is 244 Å². The average molecular weight is 587 g/mol. The third-order valence-corrected chi connectivity index (χ3v) is 10.8. The van der Waals surface area contributed by atoms with E-state index in [0.717, 1.165) is 51.4 Å².